The van der Waals surface area contributed by atoms with Gasteiger partial charge in [0.25, 0.3) is 0 Å². The fourth-order valence-electron chi connectivity index (χ4n) is 2.89. The van der Waals surface area contributed by atoms with Gasteiger partial charge in [-0.25, -0.2) is 4.39 Å². The zero-order valence-corrected chi connectivity index (χ0v) is 13.4. The van der Waals surface area contributed by atoms with Crippen LogP contribution in [0.1, 0.15) is 25.3 Å². The standard InChI is InChI=1S/C22H21F/c1-2-3-8-17-13-15-18(16-14-17)20-11-7-12-21(23)22(20)19-9-5-4-6-10-19/h4-7,9-16H,2-3,8H2,1H3. The summed E-state index contributed by atoms with van der Waals surface area (Å²) in [6, 6.07) is 23.6. The highest BCUT2D eigenvalue weighted by molar-refractivity contribution is 5.83. The molecule has 0 spiro atoms. The van der Waals surface area contributed by atoms with Gasteiger partial charge in [0.1, 0.15) is 5.82 Å². The van der Waals surface area contributed by atoms with E-state index in [1.807, 2.05) is 36.4 Å². The molecule has 116 valence electrons. The van der Waals surface area contributed by atoms with Crippen LogP contribution < -0.4 is 0 Å². The topological polar surface area (TPSA) is 0 Å². The van der Waals surface area contributed by atoms with Crippen molar-refractivity contribution in [3.05, 3.63) is 84.2 Å². The van der Waals surface area contributed by atoms with Crippen molar-refractivity contribution in [3.63, 3.8) is 0 Å². The molecule has 0 fully saturated rings. The van der Waals surface area contributed by atoms with Crippen LogP contribution in [-0.4, -0.2) is 0 Å². The normalized spacial score (nSPS) is 10.7. The quantitative estimate of drug-likeness (QED) is 0.504. The van der Waals surface area contributed by atoms with Crippen LogP contribution in [0.3, 0.4) is 0 Å². The van der Waals surface area contributed by atoms with Crippen molar-refractivity contribution in [2.75, 3.05) is 0 Å². The Morgan fingerprint density at radius 3 is 2.17 bits per heavy atom. The number of halogens is 1. The molecule has 0 aliphatic carbocycles. The number of benzene rings is 3. The van der Waals surface area contributed by atoms with E-state index in [4.69, 9.17) is 0 Å². The predicted octanol–water partition coefficient (Wildman–Crippen LogP) is 6.50. The molecule has 3 aromatic carbocycles. The highest BCUT2D eigenvalue weighted by Crippen LogP contribution is 2.34. The van der Waals surface area contributed by atoms with Crippen molar-refractivity contribution in [1.29, 1.82) is 0 Å². The molecule has 0 atom stereocenters. The Morgan fingerprint density at radius 1 is 0.739 bits per heavy atom. The smallest absolute Gasteiger partial charge is 0.131 e. The molecule has 0 N–H and O–H groups in total. The van der Waals surface area contributed by atoms with Gasteiger partial charge in [-0.2, -0.15) is 0 Å². The fourth-order valence-corrected chi connectivity index (χ4v) is 2.89. The largest absolute Gasteiger partial charge is 0.206 e. The molecule has 0 nitrogen and oxygen atoms in total. The molecule has 3 rings (SSSR count). The second kappa shape index (κ2) is 7.23. The molecule has 1 heteroatoms. The molecule has 0 heterocycles. The monoisotopic (exact) mass is 304 g/mol. The van der Waals surface area contributed by atoms with Crippen molar-refractivity contribution in [2.45, 2.75) is 26.2 Å². The third-order valence-electron chi connectivity index (χ3n) is 4.16. The van der Waals surface area contributed by atoms with E-state index < -0.39 is 0 Å². The van der Waals surface area contributed by atoms with Crippen molar-refractivity contribution in [1.82, 2.24) is 0 Å². The Hall–Kier alpha value is -2.41. The average Bonchev–Trinajstić information content (AvgIpc) is 2.61. The third kappa shape index (κ3) is 3.50. The number of unbranched alkanes of at least 4 members (excludes halogenated alkanes) is 1. The van der Waals surface area contributed by atoms with E-state index in [9.17, 15) is 4.39 Å². The van der Waals surface area contributed by atoms with E-state index >= 15 is 0 Å². The Kier molecular flexibility index (Phi) is 4.87. The van der Waals surface area contributed by atoms with E-state index in [-0.39, 0.29) is 5.82 Å². The summed E-state index contributed by atoms with van der Waals surface area (Å²) in [5.74, 6) is -0.177. The Labute approximate surface area is 137 Å². The van der Waals surface area contributed by atoms with Crippen LogP contribution >= 0.6 is 0 Å². The second-order valence-electron chi connectivity index (χ2n) is 5.83. The van der Waals surface area contributed by atoms with Crippen LogP contribution in [0.15, 0.2) is 72.8 Å². The van der Waals surface area contributed by atoms with E-state index in [2.05, 4.69) is 31.2 Å². The van der Waals surface area contributed by atoms with Gasteiger partial charge in [-0.05, 0) is 41.2 Å². The third-order valence-corrected chi connectivity index (χ3v) is 4.16. The molecule has 0 saturated carbocycles. The van der Waals surface area contributed by atoms with Gasteiger partial charge in [0.05, 0.1) is 0 Å². The first kappa shape index (κ1) is 15.5. The fraction of sp³-hybridized carbons (Fsp3) is 0.182. The van der Waals surface area contributed by atoms with Gasteiger partial charge in [0.15, 0.2) is 0 Å². The maximum Gasteiger partial charge on any atom is 0.131 e. The lowest BCUT2D eigenvalue weighted by Crippen LogP contribution is -1.91. The van der Waals surface area contributed by atoms with Crippen LogP contribution in [0.2, 0.25) is 0 Å². The van der Waals surface area contributed by atoms with Crippen LogP contribution in [0.4, 0.5) is 4.39 Å². The summed E-state index contributed by atoms with van der Waals surface area (Å²) >= 11 is 0. The maximum atomic E-state index is 14.5. The molecule has 23 heavy (non-hydrogen) atoms. The first-order valence-corrected chi connectivity index (χ1v) is 8.23. The second-order valence-corrected chi connectivity index (χ2v) is 5.83. The summed E-state index contributed by atoms with van der Waals surface area (Å²) in [5, 5.41) is 0. The average molecular weight is 304 g/mol. The Bertz CT molecular complexity index is 758. The summed E-state index contributed by atoms with van der Waals surface area (Å²) in [4.78, 5) is 0. The Morgan fingerprint density at radius 2 is 1.48 bits per heavy atom. The number of rotatable bonds is 5. The molecule has 0 aliphatic heterocycles. The highest BCUT2D eigenvalue weighted by Gasteiger charge is 2.12. The van der Waals surface area contributed by atoms with E-state index in [0.29, 0.717) is 5.56 Å². The van der Waals surface area contributed by atoms with E-state index in [0.717, 1.165) is 23.1 Å². The lowest BCUT2D eigenvalue weighted by Gasteiger charge is -2.12. The minimum Gasteiger partial charge on any atom is -0.206 e. The minimum atomic E-state index is -0.177. The molecule has 0 bridgehead atoms. The van der Waals surface area contributed by atoms with E-state index in [1.54, 1.807) is 6.07 Å². The Balaban J connectivity index is 2.02. The highest BCUT2D eigenvalue weighted by atomic mass is 19.1. The van der Waals surface area contributed by atoms with Crippen LogP contribution in [0, 0.1) is 5.82 Å². The van der Waals surface area contributed by atoms with Gasteiger partial charge in [0.2, 0.25) is 0 Å². The van der Waals surface area contributed by atoms with E-state index in [1.165, 1.54) is 24.5 Å². The summed E-state index contributed by atoms with van der Waals surface area (Å²) in [6.07, 6.45) is 3.50. The summed E-state index contributed by atoms with van der Waals surface area (Å²) in [5.41, 5.74) is 4.93. The van der Waals surface area contributed by atoms with Gasteiger partial charge < -0.3 is 0 Å². The van der Waals surface area contributed by atoms with Crippen molar-refractivity contribution < 1.29 is 4.39 Å². The van der Waals surface area contributed by atoms with Crippen molar-refractivity contribution in [3.8, 4) is 22.3 Å². The molecule has 0 amide bonds. The lowest BCUT2D eigenvalue weighted by atomic mass is 9.93. The molecular weight excluding hydrogens is 283 g/mol. The number of hydrogen-bond acceptors (Lipinski definition) is 0. The SMILES string of the molecule is CCCCc1ccc(-c2cccc(F)c2-c2ccccc2)cc1. The molecule has 3 aromatic rings. The first-order valence-electron chi connectivity index (χ1n) is 8.23. The number of aryl methyl sites for hydroxylation is 1. The summed E-state index contributed by atoms with van der Waals surface area (Å²) < 4.78 is 14.5. The molecule has 0 aliphatic rings. The van der Waals surface area contributed by atoms with Gasteiger partial charge in [-0.15, -0.1) is 0 Å². The van der Waals surface area contributed by atoms with Crippen molar-refractivity contribution >= 4 is 0 Å². The first-order chi connectivity index (χ1) is 11.3. The van der Waals surface area contributed by atoms with Crippen LogP contribution in [0.5, 0.6) is 0 Å². The van der Waals surface area contributed by atoms with Gasteiger partial charge in [0, 0.05) is 5.56 Å². The zero-order chi connectivity index (χ0) is 16.1. The predicted molar refractivity (Wildman–Crippen MR) is 95.9 cm³/mol. The zero-order valence-electron chi connectivity index (χ0n) is 13.4. The summed E-state index contributed by atoms with van der Waals surface area (Å²) in [6.45, 7) is 2.20. The van der Waals surface area contributed by atoms with Gasteiger partial charge in [-0.3, -0.25) is 0 Å². The van der Waals surface area contributed by atoms with Crippen molar-refractivity contribution in [2.24, 2.45) is 0 Å². The molecule has 0 saturated heterocycles. The van der Waals surface area contributed by atoms with Crippen LogP contribution in [0.25, 0.3) is 22.3 Å². The summed E-state index contributed by atoms with van der Waals surface area (Å²) in [7, 11) is 0. The van der Waals surface area contributed by atoms with Gasteiger partial charge >= 0.3 is 0 Å². The molecular formula is C22H21F. The maximum absolute atomic E-state index is 14.5. The molecule has 0 unspecified atom stereocenters. The van der Waals surface area contributed by atoms with Crippen LogP contribution in [-0.2, 0) is 6.42 Å². The number of hydrogen-bond donors (Lipinski definition) is 0. The minimum absolute atomic E-state index is 0.177. The molecule has 0 radical (unpaired) electrons. The van der Waals surface area contributed by atoms with Gasteiger partial charge in [-0.1, -0.05) is 80.1 Å². The molecule has 0 aromatic heterocycles. The lowest BCUT2D eigenvalue weighted by molar-refractivity contribution is 0.632.